The Hall–Kier alpha value is -4.36. The number of benzene rings is 3. The number of nitrogens with zero attached hydrogens (tertiary/aromatic N) is 3. The van der Waals surface area contributed by atoms with Crippen molar-refractivity contribution in [3.05, 3.63) is 131 Å². The first-order chi connectivity index (χ1) is 21.1. The number of hydrogen-bond donors (Lipinski definition) is 1. The first-order valence-corrected chi connectivity index (χ1v) is 15.4. The molecule has 4 aromatic rings. The molecule has 43 heavy (non-hydrogen) atoms. The van der Waals surface area contributed by atoms with E-state index in [1.165, 1.54) is 11.1 Å². The third-order valence-electron chi connectivity index (χ3n) is 8.71. The number of allylic oxidation sites excluding steroid dienone is 3. The number of imidazole rings is 1. The van der Waals surface area contributed by atoms with Crippen LogP contribution in [0.25, 0.3) is 11.0 Å². The van der Waals surface area contributed by atoms with Crippen LogP contribution >= 0.6 is 0 Å². The summed E-state index contributed by atoms with van der Waals surface area (Å²) in [5, 5.41) is 0. The molecule has 1 fully saturated rings. The van der Waals surface area contributed by atoms with Gasteiger partial charge in [-0.2, -0.15) is 0 Å². The van der Waals surface area contributed by atoms with Gasteiger partial charge in [-0.1, -0.05) is 97.1 Å². The number of aromatic nitrogens is 2. The van der Waals surface area contributed by atoms with E-state index in [2.05, 4.69) is 82.7 Å². The zero-order chi connectivity index (χ0) is 29.4. The second-order valence-corrected chi connectivity index (χ2v) is 11.7. The maximum absolute atomic E-state index is 13.4. The maximum Gasteiger partial charge on any atom is 0.409 e. The summed E-state index contributed by atoms with van der Waals surface area (Å²) in [6.45, 7) is 3.11. The molecule has 2 aliphatic rings. The van der Waals surface area contributed by atoms with E-state index in [1.807, 2.05) is 41.0 Å². The normalized spacial score (nSPS) is 17.9. The minimum atomic E-state index is -0.275. The van der Waals surface area contributed by atoms with Gasteiger partial charge in [0.2, 0.25) is 0 Å². The first kappa shape index (κ1) is 28.7. The van der Waals surface area contributed by atoms with Gasteiger partial charge in [-0.3, -0.25) is 9.47 Å². The van der Waals surface area contributed by atoms with Crippen LogP contribution in [-0.4, -0.2) is 57.7 Å². The Morgan fingerprint density at radius 3 is 2.33 bits per heavy atom. The van der Waals surface area contributed by atoms with E-state index in [-0.39, 0.29) is 23.9 Å². The average Bonchev–Trinajstić information content (AvgIpc) is 3.39. The molecule has 1 unspecified atom stereocenters. The Morgan fingerprint density at radius 2 is 1.60 bits per heavy atom. The van der Waals surface area contributed by atoms with E-state index < -0.39 is 0 Å². The highest BCUT2D eigenvalue weighted by molar-refractivity contribution is 5.75. The fourth-order valence-electron chi connectivity index (χ4n) is 6.41. The van der Waals surface area contributed by atoms with Crippen LogP contribution in [0.15, 0.2) is 114 Å². The number of aromatic amines is 1. The zero-order valence-electron chi connectivity index (χ0n) is 24.6. The van der Waals surface area contributed by atoms with Crippen LogP contribution in [0.2, 0.25) is 0 Å². The number of piperidine rings is 1. The van der Waals surface area contributed by atoms with Crippen molar-refractivity contribution in [1.82, 2.24) is 19.4 Å². The summed E-state index contributed by atoms with van der Waals surface area (Å²) < 4.78 is 7.93. The van der Waals surface area contributed by atoms with Gasteiger partial charge >= 0.3 is 11.8 Å². The van der Waals surface area contributed by atoms with Crippen molar-refractivity contribution in [2.45, 2.75) is 44.3 Å². The zero-order valence-corrected chi connectivity index (χ0v) is 24.6. The second kappa shape index (κ2) is 13.7. The van der Waals surface area contributed by atoms with Gasteiger partial charge in [-0.05, 0) is 54.9 Å². The molecule has 1 N–H and O–H groups in total. The molecule has 1 amide bonds. The third-order valence-corrected chi connectivity index (χ3v) is 8.71. The van der Waals surface area contributed by atoms with Crippen LogP contribution in [0.3, 0.4) is 0 Å². The Balaban J connectivity index is 1.14. The van der Waals surface area contributed by atoms with E-state index in [4.69, 9.17) is 4.74 Å². The number of hydrogen-bond acceptors (Lipinski definition) is 4. The van der Waals surface area contributed by atoms with E-state index >= 15 is 0 Å². The molecular formula is C36H40N4O3. The molecule has 3 aromatic carbocycles. The van der Waals surface area contributed by atoms with Gasteiger partial charge in [0.05, 0.1) is 11.0 Å². The van der Waals surface area contributed by atoms with E-state index in [1.54, 1.807) is 4.90 Å². The number of carbonyl (C=O) groups is 1. The first-order valence-electron chi connectivity index (χ1n) is 15.4. The average molecular weight is 577 g/mol. The number of rotatable bonds is 10. The van der Waals surface area contributed by atoms with Crippen molar-refractivity contribution in [3.63, 3.8) is 0 Å². The number of H-pyrrole nitrogens is 1. The highest BCUT2D eigenvalue weighted by atomic mass is 16.6. The number of ether oxygens (including phenoxy) is 1. The minimum absolute atomic E-state index is 0.0215. The largest absolute Gasteiger partial charge is 0.448 e. The number of carbonyl (C=O) groups excluding carboxylic acids is 1. The highest BCUT2D eigenvalue weighted by Crippen LogP contribution is 2.26. The lowest BCUT2D eigenvalue weighted by molar-refractivity contribution is 0.0511. The van der Waals surface area contributed by atoms with Gasteiger partial charge in [0.25, 0.3) is 0 Å². The van der Waals surface area contributed by atoms with Gasteiger partial charge < -0.3 is 14.6 Å². The van der Waals surface area contributed by atoms with E-state index in [0.29, 0.717) is 38.5 Å². The van der Waals surface area contributed by atoms with Crippen molar-refractivity contribution in [2.24, 2.45) is 5.92 Å². The van der Waals surface area contributed by atoms with Crippen LogP contribution < -0.4 is 5.69 Å². The van der Waals surface area contributed by atoms with Crippen molar-refractivity contribution in [3.8, 4) is 0 Å². The van der Waals surface area contributed by atoms with Gasteiger partial charge in [0.1, 0.15) is 6.61 Å². The molecule has 6 rings (SSSR count). The van der Waals surface area contributed by atoms with Crippen molar-refractivity contribution >= 4 is 17.1 Å². The van der Waals surface area contributed by atoms with Crippen LogP contribution in [0.4, 0.5) is 4.79 Å². The fraction of sp³-hybridized carbons (Fsp3) is 0.333. The number of para-hydroxylation sites is 2. The summed E-state index contributed by atoms with van der Waals surface area (Å²) in [6.07, 6.45) is 11.7. The fourth-order valence-corrected chi connectivity index (χ4v) is 6.41. The lowest BCUT2D eigenvalue weighted by Crippen LogP contribution is -2.45. The highest BCUT2D eigenvalue weighted by Gasteiger charge is 2.29. The molecule has 1 aliphatic carbocycles. The maximum atomic E-state index is 13.4. The van der Waals surface area contributed by atoms with Crippen LogP contribution in [-0.2, 0) is 17.7 Å². The summed E-state index contributed by atoms with van der Waals surface area (Å²) in [4.78, 5) is 33.3. The molecular weight excluding hydrogens is 536 g/mol. The standard InChI is InChI=1S/C36H40N4O3/c41-35-37-33-18-10-11-19-34(33)40(35)31-20-22-38(23-21-31)36(42)43-27-32(24-28-12-4-1-5-13-28)39(25-29-14-6-2-7-15-29)26-30-16-8-3-9-17-30/h1-16,18-19,30-32H,17,20-27H2,(H,37,41)/t30?,32-/m0/s1. The Morgan fingerprint density at radius 1 is 0.907 bits per heavy atom. The van der Waals surface area contributed by atoms with Crippen LogP contribution in [0.5, 0.6) is 0 Å². The Kier molecular flexibility index (Phi) is 9.19. The summed E-state index contributed by atoms with van der Waals surface area (Å²) in [5.41, 5.74) is 4.15. The molecule has 7 nitrogen and oxygen atoms in total. The van der Waals surface area contributed by atoms with Gasteiger partial charge in [-0.15, -0.1) is 0 Å². The smallest absolute Gasteiger partial charge is 0.409 e. The number of nitrogens with one attached hydrogen (secondary N) is 1. The quantitative estimate of drug-likeness (QED) is 0.239. The van der Waals surface area contributed by atoms with E-state index in [9.17, 15) is 9.59 Å². The Labute approximate surface area is 253 Å². The summed E-state index contributed by atoms with van der Waals surface area (Å²) in [7, 11) is 0. The van der Waals surface area contributed by atoms with Crippen molar-refractivity contribution < 1.29 is 9.53 Å². The second-order valence-electron chi connectivity index (χ2n) is 11.7. The molecule has 0 spiro atoms. The molecule has 1 aromatic heterocycles. The molecule has 2 atom stereocenters. The molecule has 1 saturated heterocycles. The summed E-state index contributed by atoms with van der Waals surface area (Å²) in [6, 6.07) is 28.9. The third kappa shape index (κ3) is 7.17. The van der Waals surface area contributed by atoms with Crippen molar-refractivity contribution in [2.75, 3.05) is 26.2 Å². The molecule has 0 bridgehead atoms. The Bertz CT molecular complexity index is 1600. The molecule has 0 radical (unpaired) electrons. The predicted molar refractivity (Wildman–Crippen MR) is 171 cm³/mol. The molecule has 1 aliphatic heterocycles. The van der Waals surface area contributed by atoms with E-state index in [0.717, 1.165) is 37.0 Å². The van der Waals surface area contributed by atoms with Gasteiger partial charge in [0, 0.05) is 38.3 Å². The molecule has 2 heterocycles. The molecule has 7 heteroatoms. The summed E-state index contributed by atoms with van der Waals surface area (Å²) >= 11 is 0. The number of fused-ring (bicyclic) bond motifs is 1. The summed E-state index contributed by atoms with van der Waals surface area (Å²) in [5.74, 6) is 0.412. The number of likely N-dealkylation sites (tertiary alicyclic amines) is 1. The SMILES string of the molecule is O=C(OC[C@H](Cc1ccccc1)N(Cc1ccccc1)CC1C=CC=CC1)N1CCC(n2c(=O)[nH]c3ccccc32)CC1. The topological polar surface area (TPSA) is 70.6 Å². The van der Waals surface area contributed by atoms with Crippen LogP contribution in [0, 0.1) is 5.92 Å². The number of amides is 1. The lowest BCUT2D eigenvalue weighted by Gasteiger charge is -2.35. The van der Waals surface area contributed by atoms with Crippen LogP contribution in [0.1, 0.15) is 36.4 Å². The minimum Gasteiger partial charge on any atom is -0.448 e. The predicted octanol–water partition coefficient (Wildman–Crippen LogP) is 6.35. The monoisotopic (exact) mass is 576 g/mol. The lowest BCUT2D eigenvalue weighted by atomic mass is 9.97. The van der Waals surface area contributed by atoms with Crippen molar-refractivity contribution in [1.29, 1.82) is 0 Å². The molecule has 0 saturated carbocycles. The molecule has 222 valence electrons. The van der Waals surface area contributed by atoms with Gasteiger partial charge in [0.15, 0.2) is 0 Å². The van der Waals surface area contributed by atoms with Gasteiger partial charge in [-0.25, -0.2) is 9.59 Å².